The van der Waals surface area contributed by atoms with E-state index in [1.54, 1.807) is 12.1 Å². The van der Waals surface area contributed by atoms with E-state index in [9.17, 15) is 0 Å². The number of nitrogens with zero attached hydrogens (tertiary/aromatic N) is 1. The summed E-state index contributed by atoms with van der Waals surface area (Å²) < 4.78 is 5.89. The van der Waals surface area contributed by atoms with Crippen molar-refractivity contribution in [2.45, 2.75) is 12.3 Å². The van der Waals surface area contributed by atoms with E-state index in [0.717, 1.165) is 11.1 Å². The predicted octanol–water partition coefficient (Wildman–Crippen LogP) is 5.21. The van der Waals surface area contributed by atoms with Gasteiger partial charge in [-0.3, -0.25) is 0 Å². The van der Waals surface area contributed by atoms with E-state index in [4.69, 9.17) is 21.6 Å². The van der Waals surface area contributed by atoms with Crippen LogP contribution in [0.5, 0.6) is 11.5 Å². The molecule has 0 radical (unpaired) electrons. The van der Waals surface area contributed by atoms with Gasteiger partial charge in [-0.15, -0.1) is 0 Å². The molecule has 2 nitrogen and oxygen atoms in total. The molecule has 0 aliphatic heterocycles. The molecule has 0 saturated heterocycles. The third kappa shape index (κ3) is 3.09. The van der Waals surface area contributed by atoms with Gasteiger partial charge in [-0.05, 0) is 36.8 Å². The highest BCUT2D eigenvalue weighted by Gasteiger charge is 2.09. The first-order chi connectivity index (χ1) is 9.15. The molecule has 0 fully saturated rings. The van der Waals surface area contributed by atoms with Crippen molar-refractivity contribution in [1.29, 1.82) is 5.26 Å². The molecule has 0 amide bonds. The minimum atomic E-state index is 0.572. The van der Waals surface area contributed by atoms with Gasteiger partial charge in [-0.2, -0.15) is 5.26 Å². The summed E-state index contributed by atoms with van der Waals surface area (Å²) in [5, 5.41) is 10.2. The van der Waals surface area contributed by atoms with Gasteiger partial charge in [-0.25, -0.2) is 0 Å². The van der Waals surface area contributed by atoms with Crippen molar-refractivity contribution in [2.24, 2.45) is 0 Å². The van der Waals surface area contributed by atoms with E-state index in [0.29, 0.717) is 27.4 Å². The van der Waals surface area contributed by atoms with Crippen molar-refractivity contribution in [1.82, 2.24) is 0 Å². The lowest BCUT2D eigenvalue weighted by Crippen LogP contribution is -1.93. The van der Waals surface area contributed by atoms with Gasteiger partial charge in [0, 0.05) is 15.9 Å². The first-order valence-electron chi connectivity index (χ1n) is 5.67. The maximum Gasteiger partial charge on any atom is 0.132 e. The SMILES string of the molecule is Cc1ccc(C#N)cc1Oc1cccc(Cl)c1CBr. The number of benzene rings is 2. The molecule has 0 bridgehead atoms. The molecule has 4 heteroatoms. The second-order valence-electron chi connectivity index (χ2n) is 4.04. The van der Waals surface area contributed by atoms with Crippen molar-refractivity contribution < 1.29 is 4.74 Å². The minimum absolute atomic E-state index is 0.572. The molecule has 0 unspecified atom stereocenters. The smallest absolute Gasteiger partial charge is 0.132 e. The summed E-state index contributed by atoms with van der Waals surface area (Å²) >= 11 is 9.53. The van der Waals surface area contributed by atoms with E-state index < -0.39 is 0 Å². The Morgan fingerprint density at radius 2 is 2.05 bits per heavy atom. The Balaban J connectivity index is 2.42. The van der Waals surface area contributed by atoms with Crippen molar-refractivity contribution in [3.8, 4) is 17.6 Å². The number of aryl methyl sites for hydroxylation is 1. The van der Waals surface area contributed by atoms with Crippen LogP contribution in [-0.4, -0.2) is 0 Å². The number of ether oxygens (including phenoxy) is 1. The predicted molar refractivity (Wildman–Crippen MR) is 80.1 cm³/mol. The second kappa shape index (κ2) is 6.10. The highest BCUT2D eigenvalue weighted by molar-refractivity contribution is 9.08. The summed E-state index contributed by atoms with van der Waals surface area (Å²) in [6, 6.07) is 13.0. The summed E-state index contributed by atoms with van der Waals surface area (Å²) in [5.74, 6) is 1.37. The standard InChI is InChI=1S/C15H11BrClNO/c1-10-5-6-11(9-18)7-15(10)19-14-4-2-3-13(17)12(14)8-16/h2-7H,8H2,1H3. The average molecular weight is 337 g/mol. The van der Waals surface area contributed by atoms with Crippen LogP contribution >= 0.6 is 27.5 Å². The zero-order valence-corrected chi connectivity index (χ0v) is 12.6. The molecule has 2 aromatic carbocycles. The van der Waals surface area contributed by atoms with E-state index in [1.165, 1.54) is 0 Å². The summed E-state index contributed by atoms with van der Waals surface area (Å²) in [5.41, 5.74) is 2.44. The molecule has 0 N–H and O–H groups in total. The van der Waals surface area contributed by atoms with Crippen LogP contribution in [-0.2, 0) is 5.33 Å². The lowest BCUT2D eigenvalue weighted by atomic mass is 10.1. The van der Waals surface area contributed by atoms with Crippen LogP contribution in [0, 0.1) is 18.3 Å². The molecule has 0 aliphatic rings. The fraction of sp³-hybridized carbons (Fsp3) is 0.133. The molecule has 0 heterocycles. The zero-order valence-electron chi connectivity index (χ0n) is 10.3. The van der Waals surface area contributed by atoms with E-state index in [1.807, 2.05) is 31.2 Å². The van der Waals surface area contributed by atoms with Crippen LogP contribution in [0.15, 0.2) is 36.4 Å². The Kier molecular flexibility index (Phi) is 4.47. The maximum atomic E-state index is 8.93. The molecule has 0 saturated carbocycles. The van der Waals surface area contributed by atoms with Crippen LogP contribution in [0.25, 0.3) is 0 Å². The highest BCUT2D eigenvalue weighted by atomic mass is 79.9. The fourth-order valence-corrected chi connectivity index (χ4v) is 2.63. The van der Waals surface area contributed by atoms with Crippen molar-refractivity contribution in [2.75, 3.05) is 0 Å². The highest BCUT2D eigenvalue weighted by Crippen LogP contribution is 2.33. The van der Waals surface area contributed by atoms with Gasteiger partial charge >= 0.3 is 0 Å². The Morgan fingerprint density at radius 1 is 1.26 bits per heavy atom. The number of hydrogen-bond acceptors (Lipinski definition) is 2. The number of alkyl halides is 1. The van der Waals surface area contributed by atoms with Crippen molar-refractivity contribution in [3.63, 3.8) is 0 Å². The molecule has 2 aromatic rings. The Bertz CT molecular complexity index is 649. The monoisotopic (exact) mass is 335 g/mol. The topological polar surface area (TPSA) is 33.0 Å². The normalized spacial score (nSPS) is 10.0. The van der Waals surface area contributed by atoms with Crippen molar-refractivity contribution in [3.05, 3.63) is 58.1 Å². The van der Waals surface area contributed by atoms with Crippen LogP contribution in [0.3, 0.4) is 0 Å². The lowest BCUT2D eigenvalue weighted by Gasteiger charge is -2.13. The number of hydrogen-bond donors (Lipinski definition) is 0. The molecular formula is C15H11BrClNO. The van der Waals surface area contributed by atoms with Gasteiger partial charge in [0.2, 0.25) is 0 Å². The number of rotatable bonds is 3. The molecule has 0 aromatic heterocycles. The third-order valence-electron chi connectivity index (χ3n) is 2.75. The van der Waals surface area contributed by atoms with Gasteiger partial charge in [0.05, 0.1) is 11.6 Å². The summed E-state index contributed by atoms with van der Waals surface area (Å²) in [6.07, 6.45) is 0. The van der Waals surface area contributed by atoms with Crippen LogP contribution < -0.4 is 4.74 Å². The zero-order chi connectivity index (χ0) is 13.8. The molecule has 2 rings (SSSR count). The first kappa shape index (κ1) is 13.9. The van der Waals surface area contributed by atoms with Gasteiger partial charge < -0.3 is 4.74 Å². The van der Waals surface area contributed by atoms with E-state index >= 15 is 0 Å². The fourth-order valence-electron chi connectivity index (χ4n) is 1.66. The van der Waals surface area contributed by atoms with Crippen LogP contribution in [0.1, 0.15) is 16.7 Å². The lowest BCUT2D eigenvalue weighted by molar-refractivity contribution is 0.475. The van der Waals surface area contributed by atoms with Gasteiger partial charge in [0.25, 0.3) is 0 Å². The summed E-state index contributed by atoms with van der Waals surface area (Å²) in [7, 11) is 0. The Morgan fingerprint density at radius 3 is 2.74 bits per heavy atom. The van der Waals surface area contributed by atoms with Gasteiger partial charge in [0.1, 0.15) is 11.5 Å². The minimum Gasteiger partial charge on any atom is -0.457 e. The number of nitriles is 1. The average Bonchev–Trinajstić information content (AvgIpc) is 2.41. The van der Waals surface area contributed by atoms with E-state index in [-0.39, 0.29) is 0 Å². The second-order valence-corrected chi connectivity index (χ2v) is 5.01. The largest absolute Gasteiger partial charge is 0.457 e. The summed E-state index contributed by atoms with van der Waals surface area (Å²) in [6.45, 7) is 1.94. The third-order valence-corrected chi connectivity index (χ3v) is 3.66. The quantitative estimate of drug-likeness (QED) is 0.721. The number of halogens is 2. The van der Waals surface area contributed by atoms with Gasteiger partial charge in [0.15, 0.2) is 0 Å². The van der Waals surface area contributed by atoms with Gasteiger partial charge in [-0.1, -0.05) is 39.7 Å². The molecular weight excluding hydrogens is 326 g/mol. The first-order valence-corrected chi connectivity index (χ1v) is 7.17. The Labute approximate surface area is 125 Å². The van der Waals surface area contributed by atoms with E-state index in [2.05, 4.69) is 22.0 Å². The van der Waals surface area contributed by atoms with Crippen molar-refractivity contribution >= 4 is 27.5 Å². The maximum absolute atomic E-state index is 8.93. The Hall–Kier alpha value is -1.50. The van der Waals surface area contributed by atoms with Crippen LogP contribution in [0.2, 0.25) is 5.02 Å². The molecule has 0 spiro atoms. The van der Waals surface area contributed by atoms with Crippen LogP contribution in [0.4, 0.5) is 0 Å². The summed E-state index contributed by atoms with van der Waals surface area (Å²) in [4.78, 5) is 0. The molecule has 19 heavy (non-hydrogen) atoms. The molecule has 96 valence electrons. The molecule has 0 atom stereocenters. The molecule has 0 aliphatic carbocycles.